The topological polar surface area (TPSA) is 68.5 Å². The number of aromatic nitrogens is 2. The van der Waals surface area contributed by atoms with Crippen LogP contribution < -0.4 is 9.64 Å². The fraction of sp³-hybridized carbons (Fsp3) is 0.118. The highest BCUT2D eigenvalue weighted by molar-refractivity contribution is 6.30. The molecule has 7 heteroatoms. The Bertz CT molecular complexity index is 909. The Balaban J connectivity index is 1.65. The van der Waals surface area contributed by atoms with Crippen LogP contribution in [0.15, 0.2) is 53.2 Å². The molecule has 0 aliphatic carbocycles. The predicted octanol–water partition coefficient (Wildman–Crippen LogP) is 3.43. The molecule has 2 aromatic heterocycles. The van der Waals surface area contributed by atoms with Crippen LogP contribution in [0, 0.1) is 0 Å². The summed E-state index contributed by atoms with van der Waals surface area (Å²) in [4.78, 5) is 18.5. The van der Waals surface area contributed by atoms with Gasteiger partial charge in [0.2, 0.25) is 11.6 Å². The predicted molar refractivity (Wildman–Crippen MR) is 88.4 cm³/mol. The molecule has 1 aliphatic heterocycles. The summed E-state index contributed by atoms with van der Waals surface area (Å²) in [5.74, 6) is 0.307. The van der Waals surface area contributed by atoms with Crippen LogP contribution >= 0.6 is 11.6 Å². The number of carbonyl (C=O) groups excluding carboxylic acids is 1. The Labute approximate surface area is 142 Å². The first kappa shape index (κ1) is 14.7. The molecule has 0 bridgehead atoms. The fourth-order valence-electron chi connectivity index (χ4n) is 2.56. The number of rotatable bonds is 2. The number of ether oxygens (including phenoxy) is 1. The number of benzene rings is 1. The smallest absolute Gasteiger partial charge is 0.297 e. The lowest BCUT2D eigenvalue weighted by Gasteiger charge is -2.27. The maximum atomic E-state index is 12.8. The van der Waals surface area contributed by atoms with E-state index in [4.69, 9.17) is 20.9 Å². The largest absolute Gasteiger partial charge is 0.474 e. The van der Waals surface area contributed by atoms with E-state index in [1.165, 1.54) is 0 Å². The summed E-state index contributed by atoms with van der Waals surface area (Å²) in [6, 6.07) is 12.4. The standard InChI is InChI=1S/C17H12ClN3O3/c18-12-4-1-3-11(9-12)13-10-15(24-20-13)17(22)21-7-8-23-16-14(21)5-2-6-19-16/h1-6,9-10H,7-8H2. The Hall–Kier alpha value is -2.86. The number of carbonyl (C=O) groups is 1. The summed E-state index contributed by atoms with van der Waals surface area (Å²) < 4.78 is 10.7. The average Bonchev–Trinajstić information content (AvgIpc) is 3.11. The average molecular weight is 342 g/mol. The van der Waals surface area contributed by atoms with Crippen LogP contribution in [0.25, 0.3) is 11.3 Å². The summed E-state index contributed by atoms with van der Waals surface area (Å²) in [7, 11) is 0. The number of hydrogen-bond acceptors (Lipinski definition) is 5. The zero-order valence-electron chi connectivity index (χ0n) is 12.5. The second-order valence-electron chi connectivity index (χ2n) is 5.22. The molecule has 1 aromatic carbocycles. The minimum absolute atomic E-state index is 0.154. The van der Waals surface area contributed by atoms with Crippen molar-refractivity contribution in [2.75, 3.05) is 18.1 Å². The molecule has 0 saturated heterocycles. The van der Waals surface area contributed by atoms with Crippen molar-refractivity contribution in [3.05, 3.63) is 59.4 Å². The highest BCUT2D eigenvalue weighted by Gasteiger charge is 2.28. The van der Waals surface area contributed by atoms with Crippen LogP contribution in [-0.2, 0) is 0 Å². The van der Waals surface area contributed by atoms with Crippen molar-refractivity contribution in [3.63, 3.8) is 0 Å². The van der Waals surface area contributed by atoms with Gasteiger partial charge in [-0.05, 0) is 24.3 Å². The van der Waals surface area contributed by atoms with Gasteiger partial charge in [-0.2, -0.15) is 0 Å². The van der Waals surface area contributed by atoms with Crippen molar-refractivity contribution >= 4 is 23.2 Å². The number of fused-ring (bicyclic) bond motifs is 1. The molecular formula is C17H12ClN3O3. The van der Waals surface area contributed by atoms with Crippen LogP contribution in [0.1, 0.15) is 10.6 Å². The summed E-state index contributed by atoms with van der Waals surface area (Å²) in [5, 5.41) is 4.57. The summed E-state index contributed by atoms with van der Waals surface area (Å²) in [5.41, 5.74) is 1.96. The minimum Gasteiger partial charge on any atom is -0.474 e. The lowest BCUT2D eigenvalue weighted by Crippen LogP contribution is -2.38. The van der Waals surface area contributed by atoms with E-state index in [1.807, 2.05) is 12.1 Å². The van der Waals surface area contributed by atoms with Gasteiger partial charge in [0.15, 0.2) is 0 Å². The number of nitrogens with zero attached hydrogens (tertiary/aromatic N) is 3. The number of hydrogen-bond donors (Lipinski definition) is 0. The van der Waals surface area contributed by atoms with Gasteiger partial charge in [0, 0.05) is 22.8 Å². The van der Waals surface area contributed by atoms with Gasteiger partial charge in [0.05, 0.1) is 6.54 Å². The lowest BCUT2D eigenvalue weighted by atomic mass is 10.1. The third-order valence-electron chi connectivity index (χ3n) is 3.68. The first-order valence-electron chi connectivity index (χ1n) is 7.35. The van der Waals surface area contributed by atoms with Crippen molar-refractivity contribution in [1.82, 2.24) is 10.1 Å². The first-order valence-corrected chi connectivity index (χ1v) is 7.72. The molecule has 6 nitrogen and oxygen atoms in total. The Morgan fingerprint density at radius 1 is 1.21 bits per heavy atom. The van der Waals surface area contributed by atoms with E-state index in [2.05, 4.69) is 10.1 Å². The second kappa shape index (κ2) is 5.98. The molecule has 0 fully saturated rings. The molecule has 1 aliphatic rings. The van der Waals surface area contributed by atoms with E-state index in [0.717, 1.165) is 5.56 Å². The van der Waals surface area contributed by atoms with Gasteiger partial charge in [-0.15, -0.1) is 0 Å². The van der Waals surface area contributed by atoms with Gasteiger partial charge in [-0.1, -0.05) is 28.9 Å². The van der Waals surface area contributed by atoms with Crippen LogP contribution in [0.2, 0.25) is 5.02 Å². The Kier molecular flexibility index (Phi) is 3.66. The molecule has 0 atom stereocenters. The van der Waals surface area contributed by atoms with E-state index in [0.29, 0.717) is 35.4 Å². The Morgan fingerprint density at radius 2 is 2.12 bits per heavy atom. The number of pyridine rings is 1. The normalized spacial score (nSPS) is 13.3. The van der Waals surface area contributed by atoms with Gasteiger partial charge in [0.1, 0.15) is 18.0 Å². The fourth-order valence-corrected chi connectivity index (χ4v) is 2.75. The van der Waals surface area contributed by atoms with E-state index in [1.54, 1.807) is 41.4 Å². The molecular weight excluding hydrogens is 330 g/mol. The van der Waals surface area contributed by atoms with E-state index in [-0.39, 0.29) is 11.7 Å². The molecule has 0 radical (unpaired) electrons. The van der Waals surface area contributed by atoms with Gasteiger partial charge in [0.25, 0.3) is 5.91 Å². The highest BCUT2D eigenvalue weighted by Crippen LogP contribution is 2.30. The van der Waals surface area contributed by atoms with Gasteiger partial charge >= 0.3 is 0 Å². The number of amides is 1. The number of anilines is 1. The molecule has 24 heavy (non-hydrogen) atoms. The van der Waals surface area contributed by atoms with Crippen LogP contribution in [0.4, 0.5) is 5.69 Å². The van der Waals surface area contributed by atoms with Crippen LogP contribution in [-0.4, -0.2) is 29.2 Å². The van der Waals surface area contributed by atoms with E-state index in [9.17, 15) is 4.79 Å². The summed E-state index contributed by atoms with van der Waals surface area (Å²) in [6.45, 7) is 0.801. The maximum absolute atomic E-state index is 12.8. The quantitative estimate of drug-likeness (QED) is 0.714. The van der Waals surface area contributed by atoms with Crippen LogP contribution in [0.5, 0.6) is 5.88 Å². The van der Waals surface area contributed by atoms with Crippen LogP contribution in [0.3, 0.4) is 0 Å². The zero-order chi connectivity index (χ0) is 16.5. The molecule has 4 rings (SSSR count). The third-order valence-corrected chi connectivity index (χ3v) is 3.92. The zero-order valence-corrected chi connectivity index (χ0v) is 13.2. The summed E-state index contributed by atoms with van der Waals surface area (Å²) >= 11 is 5.99. The van der Waals surface area contributed by atoms with E-state index < -0.39 is 0 Å². The van der Waals surface area contributed by atoms with Crippen molar-refractivity contribution in [2.45, 2.75) is 0 Å². The second-order valence-corrected chi connectivity index (χ2v) is 5.66. The van der Waals surface area contributed by atoms with Crippen molar-refractivity contribution < 1.29 is 14.1 Å². The minimum atomic E-state index is -0.284. The molecule has 0 spiro atoms. The first-order chi connectivity index (χ1) is 11.7. The SMILES string of the molecule is O=C(c1cc(-c2cccc(Cl)c2)no1)N1CCOc2ncccc21. The Morgan fingerprint density at radius 3 is 3.00 bits per heavy atom. The molecule has 0 unspecified atom stereocenters. The lowest BCUT2D eigenvalue weighted by molar-refractivity contribution is 0.0940. The van der Waals surface area contributed by atoms with Gasteiger partial charge in [-0.25, -0.2) is 4.98 Å². The van der Waals surface area contributed by atoms with Gasteiger partial charge in [-0.3, -0.25) is 9.69 Å². The molecule has 0 N–H and O–H groups in total. The van der Waals surface area contributed by atoms with Crippen molar-refractivity contribution in [3.8, 4) is 17.1 Å². The molecule has 3 aromatic rings. The highest BCUT2D eigenvalue weighted by atomic mass is 35.5. The monoisotopic (exact) mass is 341 g/mol. The molecule has 1 amide bonds. The molecule has 120 valence electrons. The van der Waals surface area contributed by atoms with Crippen molar-refractivity contribution in [2.24, 2.45) is 0 Å². The molecule has 3 heterocycles. The van der Waals surface area contributed by atoms with E-state index >= 15 is 0 Å². The third kappa shape index (κ3) is 2.61. The van der Waals surface area contributed by atoms with Gasteiger partial charge < -0.3 is 9.26 Å². The summed E-state index contributed by atoms with van der Waals surface area (Å²) in [6.07, 6.45) is 1.62. The maximum Gasteiger partial charge on any atom is 0.297 e. The van der Waals surface area contributed by atoms with Crippen molar-refractivity contribution in [1.29, 1.82) is 0 Å². The molecule has 0 saturated carbocycles. The number of halogens is 1.